The van der Waals surface area contributed by atoms with Crippen LogP contribution in [-0.4, -0.2) is 44.6 Å². The molecule has 3 N–H and O–H groups in total. The fourth-order valence-electron chi connectivity index (χ4n) is 2.86. The van der Waals surface area contributed by atoms with Crippen LogP contribution < -0.4 is 15.4 Å². The van der Waals surface area contributed by atoms with Gasteiger partial charge in [0.05, 0.1) is 24.9 Å². The average molecular weight is 385 g/mol. The van der Waals surface area contributed by atoms with E-state index >= 15 is 0 Å². The third-order valence-corrected chi connectivity index (χ3v) is 4.17. The van der Waals surface area contributed by atoms with Gasteiger partial charge in [-0.1, -0.05) is 5.16 Å². The molecule has 0 saturated carbocycles. The molecule has 1 aliphatic rings. The maximum absolute atomic E-state index is 5.53. The van der Waals surface area contributed by atoms with Crippen LogP contribution in [0.4, 0.5) is 17.6 Å². The maximum atomic E-state index is 5.53. The summed E-state index contributed by atoms with van der Waals surface area (Å²) >= 11 is 0. The molecule has 0 radical (unpaired) electrons. The molecule has 0 aliphatic carbocycles. The predicted molar refractivity (Wildman–Crippen MR) is 102 cm³/mol. The van der Waals surface area contributed by atoms with Crippen molar-refractivity contribution in [3.63, 3.8) is 0 Å². The Labute approximate surface area is 162 Å². The van der Waals surface area contributed by atoms with Crippen molar-refractivity contribution in [3.05, 3.63) is 35.9 Å². The van der Waals surface area contributed by atoms with Crippen LogP contribution in [0.2, 0.25) is 0 Å². The number of rotatable bonds is 8. The second kappa shape index (κ2) is 8.26. The van der Waals surface area contributed by atoms with E-state index in [-0.39, 0.29) is 6.10 Å². The molecule has 0 aromatic carbocycles. The molecule has 10 heteroatoms. The van der Waals surface area contributed by atoms with Crippen molar-refractivity contribution in [1.82, 2.24) is 25.3 Å². The van der Waals surface area contributed by atoms with Crippen LogP contribution in [0.25, 0.3) is 0 Å². The van der Waals surface area contributed by atoms with Gasteiger partial charge in [-0.25, -0.2) is 4.98 Å². The van der Waals surface area contributed by atoms with Gasteiger partial charge < -0.3 is 24.6 Å². The molecule has 28 heavy (non-hydrogen) atoms. The first-order valence-corrected chi connectivity index (χ1v) is 9.25. The van der Waals surface area contributed by atoms with Crippen molar-refractivity contribution < 1.29 is 14.0 Å². The first-order valence-electron chi connectivity index (χ1n) is 9.25. The standard InChI is InChI=1S/C18H23N7O3/c1-11(2)27-17-8-16(23-24-17)21-15-3-5-19-18(22-15)20-9-13-7-14(25-28-13)12-4-6-26-10-12/h3,5,7-8,11-12H,4,6,9-10H2,1-2H3,(H3,19,20,21,22,23,24). The summed E-state index contributed by atoms with van der Waals surface area (Å²) < 4.78 is 16.3. The number of aromatic nitrogens is 5. The lowest BCUT2D eigenvalue weighted by Crippen LogP contribution is -2.05. The Morgan fingerprint density at radius 3 is 3.11 bits per heavy atom. The van der Waals surface area contributed by atoms with Crippen LogP contribution in [0, 0.1) is 0 Å². The molecular weight excluding hydrogens is 362 g/mol. The van der Waals surface area contributed by atoms with E-state index in [4.69, 9.17) is 14.0 Å². The number of nitrogens with one attached hydrogen (secondary N) is 3. The van der Waals surface area contributed by atoms with Crippen LogP contribution in [-0.2, 0) is 11.3 Å². The van der Waals surface area contributed by atoms with Gasteiger partial charge in [-0.05, 0) is 26.3 Å². The number of hydrogen-bond donors (Lipinski definition) is 3. The third-order valence-electron chi connectivity index (χ3n) is 4.17. The lowest BCUT2D eigenvalue weighted by molar-refractivity contribution is 0.193. The molecule has 1 aliphatic heterocycles. The number of aromatic amines is 1. The topological polar surface area (TPSA) is 123 Å². The zero-order valence-corrected chi connectivity index (χ0v) is 15.8. The van der Waals surface area contributed by atoms with E-state index in [2.05, 4.69) is 36.0 Å². The summed E-state index contributed by atoms with van der Waals surface area (Å²) in [5, 5.41) is 17.4. The summed E-state index contributed by atoms with van der Waals surface area (Å²) in [5.74, 6) is 3.36. The summed E-state index contributed by atoms with van der Waals surface area (Å²) in [5.41, 5.74) is 0.935. The van der Waals surface area contributed by atoms with Gasteiger partial charge >= 0.3 is 0 Å². The second-order valence-electron chi connectivity index (χ2n) is 6.81. The molecule has 0 spiro atoms. The highest BCUT2D eigenvalue weighted by molar-refractivity contribution is 5.53. The minimum Gasteiger partial charge on any atom is -0.474 e. The predicted octanol–water partition coefficient (Wildman–Crippen LogP) is 2.83. The molecule has 4 rings (SSSR count). The van der Waals surface area contributed by atoms with Crippen LogP contribution in [0.5, 0.6) is 5.88 Å². The first-order chi connectivity index (χ1) is 13.7. The van der Waals surface area contributed by atoms with E-state index in [0.717, 1.165) is 24.5 Å². The number of H-pyrrole nitrogens is 1. The lowest BCUT2D eigenvalue weighted by Gasteiger charge is -2.06. The van der Waals surface area contributed by atoms with Crippen molar-refractivity contribution in [3.8, 4) is 5.88 Å². The largest absolute Gasteiger partial charge is 0.474 e. The summed E-state index contributed by atoms with van der Waals surface area (Å²) in [6.07, 6.45) is 2.71. The number of nitrogens with zero attached hydrogens (tertiary/aromatic N) is 4. The second-order valence-corrected chi connectivity index (χ2v) is 6.81. The summed E-state index contributed by atoms with van der Waals surface area (Å²) in [6.45, 7) is 5.82. The van der Waals surface area contributed by atoms with E-state index in [1.54, 1.807) is 18.3 Å². The van der Waals surface area contributed by atoms with Gasteiger partial charge in [0.15, 0.2) is 5.76 Å². The zero-order chi connectivity index (χ0) is 19.3. The number of ether oxygens (including phenoxy) is 2. The molecule has 0 amide bonds. The Morgan fingerprint density at radius 1 is 1.36 bits per heavy atom. The average Bonchev–Trinajstić information content (AvgIpc) is 3.42. The van der Waals surface area contributed by atoms with Gasteiger partial charge in [0.25, 0.3) is 0 Å². The Kier molecular flexibility index (Phi) is 5.38. The quantitative estimate of drug-likeness (QED) is 0.537. The zero-order valence-electron chi connectivity index (χ0n) is 15.8. The summed E-state index contributed by atoms with van der Waals surface area (Å²) in [6, 6.07) is 5.49. The van der Waals surface area contributed by atoms with Crippen molar-refractivity contribution in [1.29, 1.82) is 0 Å². The molecule has 1 atom stereocenters. The Balaban J connectivity index is 1.34. The third kappa shape index (κ3) is 4.58. The van der Waals surface area contributed by atoms with Crippen LogP contribution in [0.1, 0.15) is 37.6 Å². The summed E-state index contributed by atoms with van der Waals surface area (Å²) in [7, 11) is 0. The van der Waals surface area contributed by atoms with Crippen LogP contribution >= 0.6 is 0 Å². The minimum absolute atomic E-state index is 0.0591. The van der Waals surface area contributed by atoms with Crippen molar-refractivity contribution in [2.24, 2.45) is 0 Å². The lowest BCUT2D eigenvalue weighted by atomic mass is 10.1. The van der Waals surface area contributed by atoms with E-state index in [0.29, 0.717) is 42.5 Å². The molecular formula is C18H23N7O3. The molecule has 148 valence electrons. The van der Waals surface area contributed by atoms with Gasteiger partial charge in [-0.3, -0.25) is 5.10 Å². The fourth-order valence-corrected chi connectivity index (χ4v) is 2.86. The minimum atomic E-state index is 0.0591. The fraction of sp³-hybridized carbons (Fsp3) is 0.444. The van der Waals surface area contributed by atoms with Gasteiger partial charge in [0.2, 0.25) is 11.8 Å². The van der Waals surface area contributed by atoms with E-state index in [1.165, 1.54) is 0 Å². The van der Waals surface area contributed by atoms with E-state index < -0.39 is 0 Å². The van der Waals surface area contributed by atoms with Gasteiger partial charge in [0.1, 0.15) is 11.6 Å². The Hall–Kier alpha value is -3.14. The number of hydrogen-bond acceptors (Lipinski definition) is 9. The normalized spacial score (nSPS) is 16.5. The monoisotopic (exact) mass is 385 g/mol. The molecule has 1 unspecified atom stereocenters. The molecule has 1 fully saturated rings. The molecule has 1 saturated heterocycles. The summed E-state index contributed by atoms with van der Waals surface area (Å²) in [4.78, 5) is 8.66. The van der Waals surface area contributed by atoms with Crippen LogP contribution in [0.15, 0.2) is 28.9 Å². The van der Waals surface area contributed by atoms with Crippen molar-refractivity contribution in [2.45, 2.75) is 38.8 Å². The Bertz CT molecular complexity index is 902. The van der Waals surface area contributed by atoms with Gasteiger partial charge in [-0.2, -0.15) is 4.98 Å². The van der Waals surface area contributed by atoms with Crippen molar-refractivity contribution in [2.75, 3.05) is 23.8 Å². The highest BCUT2D eigenvalue weighted by Crippen LogP contribution is 2.25. The van der Waals surface area contributed by atoms with Crippen molar-refractivity contribution >= 4 is 17.6 Å². The maximum Gasteiger partial charge on any atom is 0.234 e. The molecule has 4 heterocycles. The van der Waals surface area contributed by atoms with Gasteiger partial charge in [0, 0.05) is 30.9 Å². The first kappa shape index (κ1) is 18.2. The number of anilines is 3. The smallest absolute Gasteiger partial charge is 0.234 e. The highest BCUT2D eigenvalue weighted by Gasteiger charge is 2.21. The molecule has 3 aromatic heterocycles. The van der Waals surface area contributed by atoms with Crippen LogP contribution in [0.3, 0.4) is 0 Å². The molecule has 3 aromatic rings. The molecule has 0 bridgehead atoms. The highest BCUT2D eigenvalue weighted by atomic mass is 16.5. The Morgan fingerprint density at radius 2 is 2.29 bits per heavy atom. The SMILES string of the molecule is CC(C)Oc1cc(Nc2ccnc(NCc3cc(C4CCOC4)no3)n2)[nH]n1. The van der Waals surface area contributed by atoms with Gasteiger partial charge in [-0.15, -0.1) is 5.10 Å². The van der Waals surface area contributed by atoms with E-state index in [1.807, 2.05) is 19.9 Å². The van der Waals surface area contributed by atoms with E-state index in [9.17, 15) is 0 Å². The molecule has 10 nitrogen and oxygen atoms in total.